The molecule has 0 radical (unpaired) electrons. The second-order valence-corrected chi connectivity index (χ2v) is 14.8. The molecule has 0 aliphatic carbocycles. The number of anilines is 1. The Morgan fingerprint density at radius 2 is 1.83 bits per heavy atom. The van der Waals surface area contributed by atoms with Crippen LogP contribution >= 0.6 is 11.8 Å². The van der Waals surface area contributed by atoms with Gasteiger partial charge in [0, 0.05) is 0 Å². The Morgan fingerprint density at radius 3 is 2.42 bits per heavy atom. The first-order valence-electron chi connectivity index (χ1n) is 11.3. The fourth-order valence-electron chi connectivity index (χ4n) is 2.99. The van der Waals surface area contributed by atoms with Crippen LogP contribution in [-0.2, 0) is 20.6 Å². The van der Waals surface area contributed by atoms with Crippen molar-refractivity contribution in [2.24, 2.45) is 5.41 Å². The number of carbonyl (C=O) groups excluding carboxylic acids is 1. The Morgan fingerprint density at radius 1 is 1.17 bits per heavy atom. The molecule has 36 heavy (non-hydrogen) atoms. The molecule has 0 aliphatic rings. The van der Waals surface area contributed by atoms with Gasteiger partial charge in [-0.15, -0.1) is 0 Å². The molecule has 0 aliphatic heterocycles. The number of hydrogen-bond acceptors (Lipinski definition) is 7. The fourth-order valence-corrected chi connectivity index (χ4v) is 6.98. The van der Waals surface area contributed by atoms with Crippen LogP contribution in [-0.4, -0.2) is 60.0 Å². The van der Waals surface area contributed by atoms with Crippen molar-refractivity contribution in [3.05, 3.63) is 62.6 Å². The van der Waals surface area contributed by atoms with Gasteiger partial charge >= 0.3 is 230 Å². The summed E-state index contributed by atoms with van der Waals surface area (Å²) in [4.78, 5) is 25.7. The summed E-state index contributed by atoms with van der Waals surface area (Å²) in [6, 6.07) is 14.6. The van der Waals surface area contributed by atoms with Crippen LogP contribution in [0.15, 0.2) is 53.4 Å². The zero-order valence-corrected chi connectivity index (χ0v) is 25.0. The van der Waals surface area contributed by atoms with E-state index in [-0.39, 0.29) is 14.1 Å². The van der Waals surface area contributed by atoms with Gasteiger partial charge in [-0.25, -0.2) is 0 Å². The molecular weight excluding hydrogens is 615 g/mol. The molecule has 0 saturated heterocycles. The van der Waals surface area contributed by atoms with Crippen molar-refractivity contribution in [3.8, 4) is 0 Å². The van der Waals surface area contributed by atoms with E-state index < -0.39 is 42.8 Å². The standard InChI is InChI=1S/C24H35IN4O5S2/c1-24(2,3)23(30)27-36(33,34)20-11-12-22(21(15-20)25-29(31)32)26-19(13-14-28(4)5)17-35-16-18-9-7-6-8-10-18/h6-12,15,19,26H,13-14,16-17H2,1-5H3,(H,27,30)(H,31,32)/t19-/m1/s1. The van der Waals surface area contributed by atoms with Crippen LogP contribution < -0.4 is 31.5 Å². The maximum atomic E-state index is 12.8. The number of amides is 1. The summed E-state index contributed by atoms with van der Waals surface area (Å²) in [5.74, 6) is 1.02. The van der Waals surface area contributed by atoms with E-state index >= 15 is 0 Å². The number of rotatable bonds is 13. The van der Waals surface area contributed by atoms with E-state index in [1.165, 1.54) is 17.7 Å². The van der Waals surface area contributed by atoms with Crippen molar-refractivity contribution in [1.29, 1.82) is 0 Å². The molecule has 2 aromatic carbocycles. The molecule has 1 atom stereocenters. The van der Waals surface area contributed by atoms with Crippen molar-refractivity contribution in [1.82, 2.24) is 9.62 Å². The van der Waals surface area contributed by atoms with Crippen molar-refractivity contribution >= 4 is 33.4 Å². The summed E-state index contributed by atoms with van der Waals surface area (Å²) < 4.78 is 28.0. The summed E-state index contributed by atoms with van der Waals surface area (Å²) in [5, 5.41) is 12.9. The molecule has 0 unspecified atom stereocenters. The number of carbonyl (C=O) groups is 1. The van der Waals surface area contributed by atoms with Gasteiger partial charge in [0.25, 0.3) is 0 Å². The summed E-state index contributed by atoms with van der Waals surface area (Å²) in [6.45, 7) is 5.69. The number of thioether (sulfide) groups is 1. The van der Waals surface area contributed by atoms with Crippen LogP contribution in [0.4, 0.5) is 5.69 Å². The Bertz CT molecular complexity index is 1140. The molecule has 200 valence electrons. The molecule has 1 amide bonds. The molecule has 0 heterocycles. The number of sulfonamides is 1. The molecule has 0 fully saturated rings. The van der Waals surface area contributed by atoms with Gasteiger partial charge in [0.05, 0.1) is 0 Å². The molecule has 9 nitrogen and oxygen atoms in total. The third-order valence-electron chi connectivity index (χ3n) is 5.04. The van der Waals surface area contributed by atoms with Gasteiger partial charge < -0.3 is 0 Å². The summed E-state index contributed by atoms with van der Waals surface area (Å²) in [7, 11) is -0.140. The Balaban J connectivity index is 2.25. The Kier molecular flexibility index (Phi) is 11.4. The van der Waals surface area contributed by atoms with E-state index in [1.54, 1.807) is 38.6 Å². The van der Waals surface area contributed by atoms with Gasteiger partial charge in [-0.1, -0.05) is 0 Å². The molecule has 0 bridgehead atoms. The van der Waals surface area contributed by atoms with Gasteiger partial charge in [0.1, 0.15) is 0 Å². The normalized spacial score (nSPS) is 12.9. The fraction of sp³-hybridized carbons (Fsp3) is 0.458. The third-order valence-corrected chi connectivity index (χ3v) is 9.37. The van der Waals surface area contributed by atoms with Gasteiger partial charge in [-0.05, 0) is 0 Å². The first kappa shape index (κ1) is 30.3. The molecule has 0 saturated carbocycles. The summed E-state index contributed by atoms with van der Waals surface area (Å²) >= 11 is 0.192. The minimum absolute atomic E-state index is 0.0470. The van der Waals surface area contributed by atoms with Gasteiger partial charge in [0.15, 0.2) is 0 Å². The quantitative estimate of drug-likeness (QED) is 0.164. The topological polar surface area (TPSA) is 119 Å². The summed E-state index contributed by atoms with van der Waals surface area (Å²) in [6.07, 6.45) is 0.828. The maximum absolute atomic E-state index is 12.8. The second kappa shape index (κ2) is 13.6. The monoisotopic (exact) mass is 650 g/mol. The number of benzene rings is 2. The number of halogens is 1. The summed E-state index contributed by atoms with van der Waals surface area (Å²) in [5.41, 5.74) is 0.940. The van der Waals surface area contributed by atoms with Crippen molar-refractivity contribution < 1.29 is 43.0 Å². The molecule has 12 heteroatoms. The Labute approximate surface area is 228 Å². The van der Waals surface area contributed by atoms with Crippen molar-refractivity contribution in [2.45, 2.75) is 43.9 Å². The van der Waals surface area contributed by atoms with Crippen LogP contribution in [0.5, 0.6) is 0 Å². The van der Waals surface area contributed by atoms with E-state index in [0.29, 0.717) is 9.26 Å². The average Bonchev–Trinajstić information content (AvgIpc) is 2.77. The zero-order valence-electron chi connectivity index (χ0n) is 21.2. The van der Waals surface area contributed by atoms with E-state index in [4.69, 9.17) is 0 Å². The van der Waals surface area contributed by atoms with E-state index in [1.807, 2.05) is 32.3 Å². The van der Waals surface area contributed by atoms with Crippen LogP contribution in [0.3, 0.4) is 0 Å². The number of nitrogens with one attached hydrogen (secondary N) is 2. The molecular formula is C24H35IN4O5S2. The van der Waals surface area contributed by atoms with E-state index in [2.05, 4.69) is 27.1 Å². The molecule has 2 rings (SSSR count). The van der Waals surface area contributed by atoms with Crippen LogP contribution in [0.25, 0.3) is 0 Å². The number of hydrogen-bond donors (Lipinski definition) is 3. The van der Waals surface area contributed by atoms with Gasteiger partial charge in [-0.2, -0.15) is 0 Å². The van der Waals surface area contributed by atoms with Crippen LogP contribution in [0, 0.1) is 13.9 Å². The first-order chi connectivity index (χ1) is 16.8. The molecule has 0 spiro atoms. The molecule has 0 aromatic heterocycles. The van der Waals surface area contributed by atoms with Crippen molar-refractivity contribution in [3.63, 3.8) is 0 Å². The first-order valence-corrected chi connectivity index (χ1v) is 16.0. The Hall–Kier alpha value is -1.90. The average molecular weight is 651 g/mol. The van der Waals surface area contributed by atoms with Gasteiger partial charge in [0.2, 0.25) is 0 Å². The predicted octanol–water partition coefficient (Wildman–Crippen LogP) is 0.545. The number of nitrogens with zero attached hydrogens (tertiary/aromatic N) is 2. The second-order valence-electron chi connectivity index (χ2n) is 9.57. The molecule has 3 N–H and O–H groups in total. The third kappa shape index (κ3) is 10.2. The van der Waals surface area contributed by atoms with Crippen LogP contribution in [0.2, 0.25) is 0 Å². The zero-order chi connectivity index (χ0) is 26.9. The van der Waals surface area contributed by atoms with E-state index in [0.717, 1.165) is 24.5 Å². The predicted molar refractivity (Wildman–Crippen MR) is 139 cm³/mol. The van der Waals surface area contributed by atoms with Crippen LogP contribution in [0.1, 0.15) is 32.8 Å². The minimum atomic E-state index is -4.14. The SMILES string of the molecule is CN(C)CC[C@H](CSCc1ccccc1)Nc1ccc(S(=O)(=O)NC(=O)C(C)(C)C)cc1[I-][N+](=O)O. The van der Waals surface area contributed by atoms with Crippen molar-refractivity contribution in [2.75, 3.05) is 31.7 Å². The molecule has 2 aromatic rings. The van der Waals surface area contributed by atoms with Gasteiger partial charge in [-0.3, -0.25) is 0 Å². The van der Waals surface area contributed by atoms with E-state index in [9.17, 15) is 23.3 Å².